The normalized spacial score (nSPS) is 18.9. The summed E-state index contributed by atoms with van der Waals surface area (Å²) in [5, 5.41) is 3.87. The Kier molecular flexibility index (Phi) is 7.81. The lowest BCUT2D eigenvalue weighted by Gasteiger charge is -2.39. The van der Waals surface area contributed by atoms with Crippen LogP contribution in [0.4, 0.5) is 0 Å². The molecule has 0 bridgehead atoms. The number of hydrogen-bond donors (Lipinski definition) is 1. The SMILES string of the molecule is COc1ccc(CCN[C@@H]2CCN(Cc3ccccc3)C[C@@H]2c2ccccc2)cc1OC. The Hall–Kier alpha value is -2.82. The first-order valence-electron chi connectivity index (χ1n) is 11.5. The van der Waals surface area contributed by atoms with Crippen molar-refractivity contribution in [1.29, 1.82) is 0 Å². The summed E-state index contributed by atoms with van der Waals surface area (Å²) in [6.07, 6.45) is 2.12. The summed E-state index contributed by atoms with van der Waals surface area (Å²) in [6, 6.07) is 28.5. The molecule has 3 aromatic rings. The van der Waals surface area contributed by atoms with E-state index in [9.17, 15) is 0 Å². The molecule has 0 spiro atoms. The third kappa shape index (κ3) is 5.70. The van der Waals surface area contributed by atoms with Crippen molar-refractivity contribution in [1.82, 2.24) is 10.2 Å². The molecule has 1 fully saturated rings. The van der Waals surface area contributed by atoms with Gasteiger partial charge in [0.15, 0.2) is 11.5 Å². The lowest BCUT2D eigenvalue weighted by molar-refractivity contribution is 0.167. The maximum atomic E-state index is 5.46. The first-order valence-corrected chi connectivity index (χ1v) is 11.5. The second-order valence-electron chi connectivity index (χ2n) is 8.53. The van der Waals surface area contributed by atoms with Gasteiger partial charge in [-0.15, -0.1) is 0 Å². The third-order valence-electron chi connectivity index (χ3n) is 6.44. The molecule has 0 aliphatic carbocycles. The fourth-order valence-corrected chi connectivity index (χ4v) is 4.73. The number of piperidine rings is 1. The van der Waals surface area contributed by atoms with E-state index in [0.717, 1.165) is 50.5 Å². The first kappa shape index (κ1) is 22.4. The minimum absolute atomic E-state index is 0.476. The van der Waals surface area contributed by atoms with Gasteiger partial charge in [0.2, 0.25) is 0 Å². The molecule has 4 rings (SSSR count). The molecule has 1 heterocycles. The summed E-state index contributed by atoms with van der Waals surface area (Å²) in [7, 11) is 3.36. The van der Waals surface area contributed by atoms with E-state index < -0.39 is 0 Å². The van der Waals surface area contributed by atoms with Crippen LogP contribution in [0.15, 0.2) is 78.9 Å². The van der Waals surface area contributed by atoms with Gasteiger partial charge in [0.1, 0.15) is 0 Å². The van der Waals surface area contributed by atoms with E-state index in [0.29, 0.717) is 12.0 Å². The molecule has 1 saturated heterocycles. The van der Waals surface area contributed by atoms with Gasteiger partial charge in [0, 0.05) is 31.6 Å². The van der Waals surface area contributed by atoms with Crippen LogP contribution in [-0.4, -0.2) is 44.8 Å². The van der Waals surface area contributed by atoms with Crippen molar-refractivity contribution in [2.24, 2.45) is 0 Å². The van der Waals surface area contributed by atoms with Crippen LogP contribution in [0.1, 0.15) is 29.0 Å². The fourth-order valence-electron chi connectivity index (χ4n) is 4.73. The Morgan fingerprint density at radius 3 is 2.28 bits per heavy atom. The second kappa shape index (κ2) is 11.2. The molecule has 1 N–H and O–H groups in total. The molecule has 2 atom stereocenters. The zero-order chi connectivity index (χ0) is 22.2. The molecule has 32 heavy (non-hydrogen) atoms. The maximum absolute atomic E-state index is 5.46. The van der Waals surface area contributed by atoms with Crippen LogP contribution >= 0.6 is 0 Å². The lowest BCUT2D eigenvalue weighted by Crippen LogP contribution is -2.48. The number of rotatable bonds is 9. The van der Waals surface area contributed by atoms with Gasteiger partial charge >= 0.3 is 0 Å². The molecule has 4 heteroatoms. The average Bonchev–Trinajstić information content (AvgIpc) is 2.86. The van der Waals surface area contributed by atoms with Gasteiger partial charge in [0.05, 0.1) is 14.2 Å². The molecule has 1 aliphatic heterocycles. The second-order valence-corrected chi connectivity index (χ2v) is 8.53. The fraction of sp³-hybridized carbons (Fsp3) is 0.357. The van der Waals surface area contributed by atoms with Crippen LogP contribution < -0.4 is 14.8 Å². The zero-order valence-corrected chi connectivity index (χ0v) is 19.2. The summed E-state index contributed by atoms with van der Waals surface area (Å²) in [5.41, 5.74) is 4.07. The average molecular weight is 431 g/mol. The standard InChI is InChI=1S/C28H34N2O2/c1-31-27-14-13-22(19-28(27)32-2)15-17-29-26-16-18-30(20-23-9-5-3-6-10-23)21-25(26)24-11-7-4-8-12-24/h3-14,19,25-26,29H,15-18,20-21H2,1-2H3/t25-,26-/m1/s1. The molecule has 168 valence electrons. The van der Waals surface area contributed by atoms with Crippen LogP contribution in [0.5, 0.6) is 11.5 Å². The van der Waals surface area contributed by atoms with Crippen molar-refractivity contribution in [3.05, 3.63) is 95.6 Å². The highest BCUT2D eigenvalue weighted by atomic mass is 16.5. The van der Waals surface area contributed by atoms with Gasteiger partial charge in [0.25, 0.3) is 0 Å². The summed E-state index contributed by atoms with van der Waals surface area (Å²) < 4.78 is 10.8. The smallest absolute Gasteiger partial charge is 0.160 e. The van der Waals surface area contributed by atoms with Crippen LogP contribution in [0, 0.1) is 0 Å². The van der Waals surface area contributed by atoms with E-state index in [4.69, 9.17) is 9.47 Å². The number of nitrogens with zero attached hydrogens (tertiary/aromatic N) is 1. The molecule has 3 aromatic carbocycles. The van der Waals surface area contributed by atoms with Gasteiger partial charge < -0.3 is 14.8 Å². The Morgan fingerprint density at radius 1 is 0.844 bits per heavy atom. The van der Waals surface area contributed by atoms with Crippen LogP contribution in [-0.2, 0) is 13.0 Å². The van der Waals surface area contributed by atoms with E-state index in [1.165, 1.54) is 16.7 Å². The molecular formula is C28H34N2O2. The van der Waals surface area contributed by atoms with Crippen molar-refractivity contribution in [3.8, 4) is 11.5 Å². The minimum Gasteiger partial charge on any atom is -0.493 e. The Bertz CT molecular complexity index is 962. The van der Waals surface area contributed by atoms with Gasteiger partial charge in [-0.3, -0.25) is 4.90 Å². The Balaban J connectivity index is 1.39. The summed E-state index contributed by atoms with van der Waals surface area (Å²) >= 11 is 0. The summed E-state index contributed by atoms with van der Waals surface area (Å²) in [6.45, 7) is 4.16. The third-order valence-corrected chi connectivity index (χ3v) is 6.44. The number of benzene rings is 3. The van der Waals surface area contributed by atoms with E-state index in [1.54, 1.807) is 14.2 Å². The van der Waals surface area contributed by atoms with E-state index in [-0.39, 0.29) is 0 Å². The number of ether oxygens (including phenoxy) is 2. The highest BCUT2D eigenvalue weighted by Gasteiger charge is 2.30. The van der Waals surface area contributed by atoms with Gasteiger partial charge in [-0.2, -0.15) is 0 Å². The van der Waals surface area contributed by atoms with Crippen molar-refractivity contribution >= 4 is 0 Å². The molecule has 0 saturated carbocycles. The van der Waals surface area contributed by atoms with E-state index in [1.807, 2.05) is 6.07 Å². The Morgan fingerprint density at radius 2 is 1.56 bits per heavy atom. The monoisotopic (exact) mass is 430 g/mol. The topological polar surface area (TPSA) is 33.7 Å². The number of likely N-dealkylation sites (tertiary alicyclic amines) is 1. The number of methoxy groups -OCH3 is 2. The van der Waals surface area contributed by atoms with Crippen molar-refractivity contribution in [2.45, 2.75) is 31.3 Å². The highest BCUT2D eigenvalue weighted by Crippen LogP contribution is 2.29. The summed E-state index contributed by atoms with van der Waals surface area (Å²) in [4.78, 5) is 2.60. The first-order chi connectivity index (χ1) is 15.8. The van der Waals surface area contributed by atoms with E-state index >= 15 is 0 Å². The summed E-state index contributed by atoms with van der Waals surface area (Å²) in [5.74, 6) is 2.06. The van der Waals surface area contributed by atoms with Gasteiger partial charge in [-0.1, -0.05) is 66.7 Å². The van der Waals surface area contributed by atoms with Crippen LogP contribution in [0.25, 0.3) is 0 Å². The molecule has 0 amide bonds. The number of nitrogens with one attached hydrogen (secondary N) is 1. The van der Waals surface area contributed by atoms with E-state index in [2.05, 4.69) is 83.0 Å². The van der Waals surface area contributed by atoms with Gasteiger partial charge in [-0.25, -0.2) is 0 Å². The Labute approximate surface area is 192 Å². The zero-order valence-electron chi connectivity index (χ0n) is 19.2. The predicted molar refractivity (Wildman–Crippen MR) is 131 cm³/mol. The van der Waals surface area contributed by atoms with Gasteiger partial charge in [-0.05, 0) is 48.2 Å². The predicted octanol–water partition coefficient (Wildman–Crippen LogP) is 4.89. The lowest BCUT2D eigenvalue weighted by atomic mass is 9.85. The quantitative estimate of drug-likeness (QED) is 0.524. The largest absolute Gasteiger partial charge is 0.493 e. The van der Waals surface area contributed by atoms with Crippen LogP contribution in [0.3, 0.4) is 0 Å². The molecular weight excluding hydrogens is 396 g/mol. The molecule has 0 aromatic heterocycles. The minimum atomic E-state index is 0.476. The molecule has 1 aliphatic rings. The molecule has 0 radical (unpaired) electrons. The van der Waals surface area contributed by atoms with Crippen molar-refractivity contribution in [3.63, 3.8) is 0 Å². The van der Waals surface area contributed by atoms with Crippen LogP contribution in [0.2, 0.25) is 0 Å². The number of hydrogen-bond acceptors (Lipinski definition) is 4. The van der Waals surface area contributed by atoms with Crippen molar-refractivity contribution in [2.75, 3.05) is 33.9 Å². The van der Waals surface area contributed by atoms with Crippen molar-refractivity contribution < 1.29 is 9.47 Å². The highest BCUT2D eigenvalue weighted by molar-refractivity contribution is 5.43. The molecule has 4 nitrogen and oxygen atoms in total. The maximum Gasteiger partial charge on any atom is 0.160 e. The molecule has 0 unspecified atom stereocenters.